The van der Waals surface area contributed by atoms with E-state index in [0.717, 1.165) is 16.8 Å². The lowest BCUT2D eigenvalue weighted by molar-refractivity contribution is -0.120. The van der Waals surface area contributed by atoms with Crippen molar-refractivity contribution < 1.29 is 9.90 Å². The van der Waals surface area contributed by atoms with E-state index in [-0.39, 0.29) is 18.4 Å². The predicted molar refractivity (Wildman–Crippen MR) is 105 cm³/mol. The number of rotatable bonds is 5. The summed E-state index contributed by atoms with van der Waals surface area (Å²) in [6.45, 7) is 0.451. The Bertz CT molecular complexity index is 982. The number of amides is 1. The quantitative estimate of drug-likeness (QED) is 0.668. The molecule has 0 aromatic carbocycles. The topological polar surface area (TPSA) is 92.1 Å². The minimum atomic E-state index is -0.185. The zero-order chi connectivity index (χ0) is 19.5. The Morgan fingerprint density at radius 1 is 1.14 bits per heavy atom. The van der Waals surface area contributed by atoms with Crippen LogP contribution in [0.2, 0.25) is 5.15 Å². The van der Waals surface area contributed by atoms with Gasteiger partial charge < -0.3 is 5.11 Å². The van der Waals surface area contributed by atoms with Crippen molar-refractivity contribution in [1.29, 1.82) is 0 Å². The number of hydrogen-bond acceptors (Lipinski definition) is 6. The zero-order valence-corrected chi connectivity index (χ0v) is 15.8. The van der Waals surface area contributed by atoms with Crippen LogP contribution in [0.15, 0.2) is 48.9 Å². The third-order valence-electron chi connectivity index (χ3n) is 4.91. The molecule has 1 amide bonds. The normalized spacial score (nSPS) is 16.6. The third kappa shape index (κ3) is 3.72. The fourth-order valence-corrected chi connectivity index (χ4v) is 3.57. The van der Waals surface area contributed by atoms with Crippen molar-refractivity contribution in [3.63, 3.8) is 0 Å². The van der Waals surface area contributed by atoms with E-state index in [1.807, 2.05) is 24.3 Å². The monoisotopic (exact) mass is 395 g/mol. The van der Waals surface area contributed by atoms with Gasteiger partial charge in [-0.2, -0.15) is 0 Å². The summed E-state index contributed by atoms with van der Waals surface area (Å²) in [5.74, 6) is 0.363. The van der Waals surface area contributed by atoms with Crippen LogP contribution >= 0.6 is 11.6 Å². The molecule has 0 aliphatic carbocycles. The minimum absolute atomic E-state index is 0.00445. The molecule has 1 atom stereocenters. The van der Waals surface area contributed by atoms with Crippen LogP contribution in [0.3, 0.4) is 0 Å². The molecule has 4 heterocycles. The van der Waals surface area contributed by atoms with E-state index in [4.69, 9.17) is 11.6 Å². The Labute approximate surface area is 167 Å². The van der Waals surface area contributed by atoms with Gasteiger partial charge in [0.25, 0.3) is 0 Å². The van der Waals surface area contributed by atoms with Gasteiger partial charge in [0, 0.05) is 36.6 Å². The van der Waals surface area contributed by atoms with E-state index in [1.165, 1.54) is 0 Å². The number of aliphatic hydroxyl groups excluding tert-OH is 1. The highest BCUT2D eigenvalue weighted by atomic mass is 35.5. The first kappa shape index (κ1) is 18.5. The summed E-state index contributed by atoms with van der Waals surface area (Å²) < 4.78 is 0. The van der Waals surface area contributed by atoms with Gasteiger partial charge in [-0.05, 0) is 54.3 Å². The van der Waals surface area contributed by atoms with E-state index in [2.05, 4.69) is 20.2 Å². The summed E-state index contributed by atoms with van der Waals surface area (Å²) in [6, 6.07) is 9.02. The lowest BCUT2D eigenvalue weighted by Gasteiger charge is -2.16. The number of hydrogen-bond donors (Lipinski definition) is 1. The lowest BCUT2D eigenvalue weighted by Crippen LogP contribution is -2.28. The molecule has 3 aromatic rings. The van der Waals surface area contributed by atoms with Crippen LogP contribution in [0.25, 0.3) is 11.3 Å². The highest BCUT2D eigenvalue weighted by Crippen LogP contribution is 2.28. The second-order valence-electron chi connectivity index (χ2n) is 6.63. The molecule has 4 rings (SSSR count). The van der Waals surface area contributed by atoms with E-state index >= 15 is 0 Å². The predicted octanol–water partition coefficient (Wildman–Crippen LogP) is 2.67. The van der Waals surface area contributed by atoms with Crippen LogP contribution in [0.4, 0.5) is 5.82 Å². The smallest absolute Gasteiger partial charge is 0.231 e. The summed E-state index contributed by atoms with van der Waals surface area (Å²) in [4.78, 5) is 22.6. The van der Waals surface area contributed by atoms with Crippen LogP contribution in [0.5, 0.6) is 0 Å². The maximum Gasteiger partial charge on any atom is 0.231 e. The molecule has 0 bridgehead atoms. The Balaban J connectivity index is 1.49. The van der Waals surface area contributed by atoms with E-state index < -0.39 is 0 Å². The second kappa shape index (κ2) is 8.00. The maximum absolute atomic E-state index is 12.9. The Morgan fingerprint density at radius 3 is 2.68 bits per heavy atom. The van der Waals surface area contributed by atoms with Crippen LogP contribution in [-0.4, -0.2) is 37.7 Å². The largest absolute Gasteiger partial charge is 0.392 e. The summed E-state index contributed by atoms with van der Waals surface area (Å²) in [7, 11) is 0. The molecule has 8 heteroatoms. The standard InChI is InChI=1S/C20H18ClN5O2/c21-18-10-16(12-27)15(11-23-18)9-14-5-8-26(20(14)28)19-2-1-17(24-25-19)13-3-6-22-7-4-13/h1-4,6-7,10-11,14,27H,5,8-9,12H2/t14-/m1/s1. The number of carbonyl (C=O) groups excluding carboxylic acids is 1. The van der Waals surface area contributed by atoms with Crippen molar-refractivity contribution in [2.45, 2.75) is 19.4 Å². The number of anilines is 1. The number of nitrogens with zero attached hydrogens (tertiary/aromatic N) is 5. The van der Waals surface area contributed by atoms with Crippen LogP contribution in [0.1, 0.15) is 17.5 Å². The summed E-state index contributed by atoms with van der Waals surface area (Å²) in [5, 5.41) is 18.3. The fraction of sp³-hybridized carbons (Fsp3) is 0.250. The molecular weight excluding hydrogens is 378 g/mol. The Hall–Kier alpha value is -2.90. The molecule has 0 unspecified atom stereocenters. The first-order chi connectivity index (χ1) is 13.7. The number of aliphatic hydroxyl groups is 1. The summed E-state index contributed by atoms with van der Waals surface area (Å²) in [6.07, 6.45) is 6.25. The van der Waals surface area contributed by atoms with Crippen molar-refractivity contribution in [2.24, 2.45) is 5.92 Å². The zero-order valence-electron chi connectivity index (χ0n) is 15.0. The lowest BCUT2D eigenvalue weighted by atomic mass is 9.96. The van der Waals surface area contributed by atoms with Crippen molar-refractivity contribution in [3.05, 3.63) is 65.2 Å². The number of pyridine rings is 2. The summed E-state index contributed by atoms with van der Waals surface area (Å²) in [5.41, 5.74) is 3.19. The van der Waals surface area contributed by atoms with Gasteiger partial charge in [0.1, 0.15) is 5.15 Å². The second-order valence-corrected chi connectivity index (χ2v) is 7.01. The SMILES string of the molecule is O=C1[C@@H](Cc2cnc(Cl)cc2CO)CCN1c1ccc(-c2ccncc2)nn1. The first-order valence-electron chi connectivity index (χ1n) is 8.95. The molecule has 7 nitrogen and oxygen atoms in total. The molecule has 1 saturated heterocycles. The molecular formula is C20H18ClN5O2. The molecule has 1 N–H and O–H groups in total. The van der Waals surface area contributed by atoms with Crippen molar-refractivity contribution in [1.82, 2.24) is 20.2 Å². The molecule has 1 aliphatic heterocycles. The van der Waals surface area contributed by atoms with E-state index in [9.17, 15) is 9.90 Å². The van der Waals surface area contributed by atoms with Crippen molar-refractivity contribution in [3.8, 4) is 11.3 Å². The highest BCUT2D eigenvalue weighted by molar-refractivity contribution is 6.29. The minimum Gasteiger partial charge on any atom is -0.392 e. The van der Waals surface area contributed by atoms with Gasteiger partial charge in [-0.25, -0.2) is 4.98 Å². The van der Waals surface area contributed by atoms with Crippen molar-refractivity contribution in [2.75, 3.05) is 11.4 Å². The van der Waals surface area contributed by atoms with Gasteiger partial charge in [0.2, 0.25) is 5.91 Å². The average Bonchev–Trinajstić information content (AvgIpc) is 3.10. The van der Waals surface area contributed by atoms with Gasteiger partial charge >= 0.3 is 0 Å². The van der Waals surface area contributed by atoms with Crippen LogP contribution in [-0.2, 0) is 17.8 Å². The molecule has 0 spiro atoms. The molecule has 1 aliphatic rings. The fourth-order valence-electron chi connectivity index (χ4n) is 3.39. The van der Waals surface area contributed by atoms with Crippen LogP contribution < -0.4 is 4.90 Å². The summed E-state index contributed by atoms with van der Waals surface area (Å²) >= 11 is 5.89. The van der Waals surface area contributed by atoms with Crippen LogP contribution in [0, 0.1) is 5.92 Å². The molecule has 0 saturated carbocycles. The number of halogens is 1. The molecule has 3 aromatic heterocycles. The van der Waals surface area contributed by atoms with Gasteiger partial charge in [-0.15, -0.1) is 10.2 Å². The molecule has 28 heavy (non-hydrogen) atoms. The van der Waals surface area contributed by atoms with Gasteiger partial charge in [0.15, 0.2) is 5.82 Å². The number of carbonyl (C=O) groups is 1. The van der Waals surface area contributed by atoms with Gasteiger partial charge in [0.05, 0.1) is 12.3 Å². The number of aromatic nitrogens is 4. The molecule has 1 fully saturated rings. The maximum atomic E-state index is 12.9. The highest BCUT2D eigenvalue weighted by Gasteiger charge is 2.33. The first-order valence-corrected chi connectivity index (χ1v) is 9.33. The van der Waals surface area contributed by atoms with Crippen molar-refractivity contribution >= 4 is 23.3 Å². The van der Waals surface area contributed by atoms with E-state index in [1.54, 1.807) is 29.6 Å². The third-order valence-corrected chi connectivity index (χ3v) is 5.11. The average molecular weight is 396 g/mol. The van der Waals surface area contributed by atoms with Gasteiger partial charge in [-0.1, -0.05) is 11.6 Å². The molecule has 142 valence electrons. The van der Waals surface area contributed by atoms with Gasteiger partial charge in [-0.3, -0.25) is 14.7 Å². The Morgan fingerprint density at radius 2 is 1.96 bits per heavy atom. The van der Waals surface area contributed by atoms with E-state index in [0.29, 0.717) is 35.9 Å². The molecule has 0 radical (unpaired) electrons. The Kier molecular flexibility index (Phi) is 5.27.